The summed E-state index contributed by atoms with van der Waals surface area (Å²) < 4.78 is 56.3. The second-order valence-corrected chi connectivity index (χ2v) is 11.0. The van der Waals surface area contributed by atoms with Crippen LogP contribution in [0.25, 0.3) is 0 Å². The molecule has 0 aliphatic carbocycles. The third-order valence-corrected chi connectivity index (χ3v) is 8.06. The van der Waals surface area contributed by atoms with Gasteiger partial charge in [0.05, 0.1) is 17.1 Å². The van der Waals surface area contributed by atoms with Gasteiger partial charge in [-0.3, -0.25) is 9.14 Å². The molecular formula is C30H26F2N2O3S. The summed E-state index contributed by atoms with van der Waals surface area (Å²) in [6, 6.07) is 27.3. The number of rotatable bonds is 7. The minimum atomic E-state index is -3.98. The number of anilines is 1. The SMILES string of the molecule is Cc1ccc(S(=O)(=O)N(/C=C2\CON(c3ccccc3)C2c2ccc(F)cc2)Cc2ccc(F)cc2)cc1. The lowest BCUT2D eigenvalue weighted by Gasteiger charge is -2.27. The number of hydroxylamine groups is 1. The van der Waals surface area contributed by atoms with E-state index in [2.05, 4.69) is 0 Å². The molecule has 1 saturated heterocycles. The molecule has 1 aliphatic rings. The van der Waals surface area contributed by atoms with Gasteiger partial charge in [-0.2, -0.15) is 0 Å². The minimum absolute atomic E-state index is 0.0124. The molecule has 0 amide bonds. The van der Waals surface area contributed by atoms with Gasteiger partial charge in [-0.15, -0.1) is 0 Å². The minimum Gasteiger partial charge on any atom is -0.269 e. The van der Waals surface area contributed by atoms with Crippen LogP contribution >= 0.6 is 0 Å². The lowest BCUT2D eigenvalue weighted by Crippen LogP contribution is -2.27. The van der Waals surface area contributed by atoms with Gasteiger partial charge in [-0.05, 0) is 66.6 Å². The van der Waals surface area contributed by atoms with Crippen molar-refractivity contribution in [3.8, 4) is 0 Å². The van der Waals surface area contributed by atoms with E-state index in [1.807, 2.05) is 37.3 Å². The molecule has 0 aromatic heterocycles. The van der Waals surface area contributed by atoms with Crippen LogP contribution in [-0.4, -0.2) is 19.3 Å². The van der Waals surface area contributed by atoms with Crippen molar-refractivity contribution < 1.29 is 22.0 Å². The number of hydrogen-bond acceptors (Lipinski definition) is 4. The van der Waals surface area contributed by atoms with Crippen LogP contribution in [0.2, 0.25) is 0 Å². The molecule has 5 rings (SSSR count). The number of para-hydroxylation sites is 1. The van der Waals surface area contributed by atoms with E-state index < -0.39 is 21.9 Å². The van der Waals surface area contributed by atoms with Crippen molar-refractivity contribution in [1.82, 2.24) is 4.31 Å². The van der Waals surface area contributed by atoms with Crippen LogP contribution in [0, 0.1) is 18.6 Å². The van der Waals surface area contributed by atoms with Gasteiger partial charge in [-0.25, -0.2) is 22.3 Å². The Morgan fingerprint density at radius 3 is 2.11 bits per heavy atom. The van der Waals surface area contributed by atoms with Crippen molar-refractivity contribution in [3.05, 3.63) is 143 Å². The van der Waals surface area contributed by atoms with Crippen molar-refractivity contribution in [2.45, 2.75) is 24.4 Å². The molecule has 0 saturated carbocycles. The Labute approximate surface area is 221 Å². The molecular weight excluding hydrogens is 506 g/mol. The topological polar surface area (TPSA) is 49.9 Å². The zero-order chi connectivity index (χ0) is 26.7. The van der Waals surface area contributed by atoms with Gasteiger partial charge in [0, 0.05) is 11.8 Å². The standard InChI is InChI=1S/C30H26F2N2O3S/c1-22-7-17-29(18-8-22)38(35,36)33(19-23-9-13-26(31)14-10-23)20-25-21-37-34(28-5-3-2-4-6-28)30(25)24-11-15-27(32)16-12-24/h2-18,20,30H,19,21H2,1H3/b25-20+. The maximum absolute atomic E-state index is 13.8. The van der Waals surface area contributed by atoms with E-state index in [-0.39, 0.29) is 23.9 Å². The Morgan fingerprint density at radius 2 is 1.47 bits per heavy atom. The summed E-state index contributed by atoms with van der Waals surface area (Å²) in [5, 5.41) is 1.70. The quantitative estimate of drug-likeness (QED) is 0.271. The Morgan fingerprint density at radius 1 is 0.868 bits per heavy atom. The molecule has 5 nitrogen and oxygen atoms in total. The molecule has 1 aliphatic heterocycles. The number of sulfonamides is 1. The van der Waals surface area contributed by atoms with Crippen LogP contribution in [0.1, 0.15) is 22.7 Å². The van der Waals surface area contributed by atoms with Gasteiger partial charge < -0.3 is 0 Å². The lowest BCUT2D eigenvalue weighted by atomic mass is 10.00. The fourth-order valence-corrected chi connectivity index (χ4v) is 5.69. The highest BCUT2D eigenvalue weighted by Crippen LogP contribution is 2.39. The summed E-state index contributed by atoms with van der Waals surface area (Å²) in [5.41, 5.74) is 3.74. The number of halogens is 2. The zero-order valence-corrected chi connectivity index (χ0v) is 21.5. The molecule has 1 heterocycles. The number of hydrogen-bond donors (Lipinski definition) is 0. The maximum atomic E-state index is 13.8. The third kappa shape index (κ3) is 5.46. The number of aryl methyl sites for hydroxylation is 1. The monoisotopic (exact) mass is 532 g/mol. The first-order valence-corrected chi connectivity index (χ1v) is 13.5. The summed E-state index contributed by atoms with van der Waals surface area (Å²) >= 11 is 0. The van der Waals surface area contributed by atoms with E-state index in [4.69, 9.17) is 4.84 Å². The third-order valence-electron chi connectivity index (χ3n) is 6.34. The molecule has 0 N–H and O–H groups in total. The van der Waals surface area contributed by atoms with E-state index in [9.17, 15) is 17.2 Å². The fraction of sp³-hybridized carbons (Fsp3) is 0.133. The predicted molar refractivity (Wildman–Crippen MR) is 142 cm³/mol. The van der Waals surface area contributed by atoms with Crippen molar-refractivity contribution in [1.29, 1.82) is 0 Å². The maximum Gasteiger partial charge on any atom is 0.264 e. The molecule has 194 valence electrons. The first-order valence-electron chi connectivity index (χ1n) is 12.1. The second-order valence-electron chi connectivity index (χ2n) is 9.08. The Kier molecular flexibility index (Phi) is 7.26. The van der Waals surface area contributed by atoms with Crippen LogP contribution in [0.15, 0.2) is 120 Å². The molecule has 0 bridgehead atoms. The Hall–Kier alpha value is -4.01. The predicted octanol–water partition coefficient (Wildman–Crippen LogP) is 6.54. The van der Waals surface area contributed by atoms with Crippen LogP contribution in [0.3, 0.4) is 0 Å². The van der Waals surface area contributed by atoms with E-state index >= 15 is 0 Å². The number of benzene rings is 4. The van der Waals surface area contributed by atoms with Crippen molar-refractivity contribution in [3.63, 3.8) is 0 Å². The molecule has 8 heteroatoms. The van der Waals surface area contributed by atoms with Gasteiger partial charge in [0.2, 0.25) is 0 Å². The molecule has 1 unspecified atom stereocenters. The summed E-state index contributed by atoms with van der Waals surface area (Å²) in [5.74, 6) is -0.775. The highest BCUT2D eigenvalue weighted by atomic mass is 32.2. The van der Waals surface area contributed by atoms with Gasteiger partial charge in [-0.1, -0.05) is 60.2 Å². The second kappa shape index (κ2) is 10.8. The lowest BCUT2D eigenvalue weighted by molar-refractivity contribution is 0.162. The molecule has 38 heavy (non-hydrogen) atoms. The zero-order valence-electron chi connectivity index (χ0n) is 20.7. The van der Waals surface area contributed by atoms with Crippen molar-refractivity contribution in [2.75, 3.05) is 11.7 Å². The van der Waals surface area contributed by atoms with Crippen LogP contribution < -0.4 is 5.06 Å². The summed E-state index contributed by atoms with van der Waals surface area (Å²) in [7, 11) is -3.98. The fourth-order valence-electron chi connectivity index (χ4n) is 4.35. The molecule has 1 fully saturated rings. The first kappa shape index (κ1) is 25.6. The Balaban J connectivity index is 1.60. The van der Waals surface area contributed by atoms with Crippen LogP contribution in [0.4, 0.5) is 14.5 Å². The average Bonchev–Trinajstić information content (AvgIpc) is 3.34. The van der Waals surface area contributed by atoms with Gasteiger partial charge in [0.25, 0.3) is 10.0 Å². The largest absolute Gasteiger partial charge is 0.269 e. The average molecular weight is 533 g/mol. The van der Waals surface area contributed by atoms with E-state index in [0.717, 1.165) is 16.8 Å². The van der Waals surface area contributed by atoms with Gasteiger partial charge in [0.15, 0.2) is 0 Å². The summed E-state index contributed by atoms with van der Waals surface area (Å²) in [6.07, 6.45) is 1.58. The molecule has 0 spiro atoms. The highest BCUT2D eigenvalue weighted by Gasteiger charge is 2.34. The molecule has 4 aromatic carbocycles. The molecule has 4 aromatic rings. The Bertz CT molecular complexity index is 1520. The normalized spacial score (nSPS) is 16.7. The molecule has 1 atom stereocenters. The summed E-state index contributed by atoms with van der Waals surface area (Å²) in [4.78, 5) is 6.19. The van der Waals surface area contributed by atoms with Gasteiger partial charge >= 0.3 is 0 Å². The highest BCUT2D eigenvalue weighted by molar-refractivity contribution is 7.89. The van der Waals surface area contributed by atoms with Crippen molar-refractivity contribution in [2.24, 2.45) is 0 Å². The van der Waals surface area contributed by atoms with E-state index in [0.29, 0.717) is 11.1 Å². The number of nitrogens with zero attached hydrogens (tertiary/aromatic N) is 2. The molecule has 0 radical (unpaired) electrons. The summed E-state index contributed by atoms with van der Waals surface area (Å²) in [6.45, 7) is 2.00. The van der Waals surface area contributed by atoms with Crippen molar-refractivity contribution >= 4 is 15.7 Å². The van der Waals surface area contributed by atoms with E-state index in [1.54, 1.807) is 59.8 Å². The van der Waals surface area contributed by atoms with Crippen LogP contribution in [0.5, 0.6) is 0 Å². The van der Waals surface area contributed by atoms with Gasteiger partial charge in [0.1, 0.15) is 24.3 Å². The van der Waals surface area contributed by atoms with Crippen LogP contribution in [-0.2, 0) is 21.4 Å². The first-order chi connectivity index (χ1) is 18.3. The van der Waals surface area contributed by atoms with E-state index in [1.165, 1.54) is 28.6 Å². The smallest absolute Gasteiger partial charge is 0.264 e.